The number of rotatable bonds is 3. The smallest absolute Gasteiger partial charge is 0.160 e. The minimum atomic E-state index is -0.783. The number of anilines is 1. The Labute approximate surface area is 113 Å². The van der Waals surface area contributed by atoms with Gasteiger partial charge in [0.05, 0.1) is 0 Å². The van der Waals surface area contributed by atoms with Crippen molar-refractivity contribution >= 4 is 5.69 Å². The molecule has 2 nitrogen and oxygen atoms in total. The molecule has 0 spiro atoms. The zero-order chi connectivity index (χ0) is 14.0. The number of nitrogens with one attached hydrogen (secondary N) is 1. The van der Waals surface area contributed by atoms with Crippen LogP contribution < -0.4 is 10.2 Å². The van der Waals surface area contributed by atoms with Crippen LogP contribution in [0.3, 0.4) is 0 Å². The van der Waals surface area contributed by atoms with E-state index in [1.54, 1.807) is 6.07 Å². The van der Waals surface area contributed by atoms with E-state index >= 15 is 0 Å². The first-order valence-corrected chi connectivity index (χ1v) is 6.80. The van der Waals surface area contributed by atoms with Crippen LogP contribution in [0.4, 0.5) is 14.5 Å². The fourth-order valence-corrected chi connectivity index (χ4v) is 2.37. The predicted molar refractivity (Wildman–Crippen MR) is 74.4 cm³/mol. The number of hydrogen-bond acceptors (Lipinski definition) is 2. The Morgan fingerprint density at radius 2 is 2.00 bits per heavy atom. The van der Waals surface area contributed by atoms with E-state index in [9.17, 15) is 8.78 Å². The third-order valence-electron chi connectivity index (χ3n) is 3.48. The molecule has 19 heavy (non-hydrogen) atoms. The number of nitrogens with zero attached hydrogens (tertiary/aromatic N) is 1. The molecule has 1 unspecified atom stereocenters. The first-order chi connectivity index (χ1) is 8.85. The molecule has 1 aromatic carbocycles. The monoisotopic (exact) mass is 268 g/mol. The van der Waals surface area contributed by atoms with Crippen molar-refractivity contribution < 1.29 is 8.78 Å². The summed E-state index contributed by atoms with van der Waals surface area (Å²) in [6.07, 6.45) is 1.09. The molecular weight excluding hydrogens is 246 g/mol. The third-order valence-corrected chi connectivity index (χ3v) is 3.48. The number of hydrogen-bond donors (Lipinski definition) is 1. The second kappa shape index (κ2) is 5.45. The molecule has 2 rings (SSSR count). The van der Waals surface area contributed by atoms with E-state index in [2.05, 4.69) is 31.0 Å². The Morgan fingerprint density at radius 3 is 2.63 bits per heavy atom. The zero-order valence-electron chi connectivity index (χ0n) is 11.8. The first-order valence-electron chi connectivity index (χ1n) is 6.80. The second-order valence-corrected chi connectivity index (χ2v) is 6.33. The van der Waals surface area contributed by atoms with Crippen LogP contribution in [0.5, 0.6) is 0 Å². The van der Waals surface area contributed by atoms with Gasteiger partial charge >= 0.3 is 0 Å². The summed E-state index contributed by atoms with van der Waals surface area (Å²) >= 11 is 0. The van der Waals surface area contributed by atoms with Gasteiger partial charge in [-0.3, -0.25) is 0 Å². The summed E-state index contributed by atoms with van der Waals surface area (Å²) < 4.78 is 26.1. The molecule has 0 aliphatic carbocycles. The van der Waals surface area contributed by atoms with E-state index in [0.717, 1.165) is 31.7 Å². The van der Waals surface area contributed by atoms with Gasteiger partial charge in [0.25, 0.3) is 0 Å². The van der Waals surface area contributed by atoms with Crippen LogP contribution >= 0.6 is 0 Å². The summed E-state index contributed by atoms with van der Waals surface area (Å²) in [6, 6.07) is 4.14. The SMILES string of the molecule is CC(C)(C)NCC1CCN(c2ccc(F)c(F)c2)C1. The Kier molecular flexibility index (Phi) is 4.09. The van der Waals surface area contributed by atoms with Crippen molar-refractivity contribution in [3.05, 3.63) is 29.8 Å². The molecule has 0 aromatic heterocycles. The lowest BCUT2D eigenvalue weighted by Crippen LogP contribution is -2.39. The molecule has 106 valence electrons. The molecule has 1 heterocycles. The predicted octanol–water partition coefficient (Wildman–Crippen LogP) is 3.18. The molecule has 1 saturated heterocycles. The van der Waals surface area contributed by atoms with E-state index in [4.69, 9.17) is 0 Å². The molecule has 1 N–H and O–H groups in total. The van der Waals surface area contributed by atoms with Gasteiger partial charge in [0, 0.05) is 36.9 Å². The van der Waals surface area contributed by atoms with Crippen molar-refractivity contribution in [1.82, 2.24) is 5.32 Å². The van der Waals surface area contributed by atoms with Crippen molar-refractivity contribution in [2.45, 2.75) is 32.7 Å². The molecule has 1 aromatic rings. The highest BCUT2D eigenvalue weighted by Crippen LogP contribution is 2.25. The van der Waals surface area contributed by atoms with Crippen LogP contribution in [0.15, 0.2) is 18.2 Å². The highest BCUT2D eigenvalue weighted by Gasteiger charge is 2.24. The molecule has 0 bridgehead atoms. The summed E-state index contributed by atoms with van der Waals surface area (Å²) in [5, 5.41) is 3.50. The van der Waals surface area contributed by atoms with Gasteiger partial charge in [-0.05, 0) is 45.2 Å². The van der Waals surface area contributed by atoms with Gasteiger partial charge < -0.3 is 10.2 Å². The standard InChI is InChI=1S/C15H22F2N2/c1-15(2,3)18-9-11-6-7-19(10-11)12-4-5-13(16)14(17)8-12/h4-5,8,11,18H,6-7,9-10H2,1-3H3. The van der Waals surface area contributed by atoms with Crippen LogP contribution in [0.25, 0.3) is 0 Å². The van der Waals surface area contributed by atoms with Gasteiger partial charge in [-0.15, -0.1) is 0 Å². The first kappa shape index (κ1) is 14.3. The van der Waals surface area contributed by atoms with E-state index in [1.165, 1.54) is 12.1 Å². The van der Waals surface area contributed by atoms with Gasteiger partial charge in [0.1, 0.15) is 0 Å². The summed E-state index contributed by atoms with van der Waals surface area (Å²) in [5.74, 6) is -0.991. The molecule has 1 fully saturated rings. The largest absolute Gasteiger partial charge is 0.371 e. The maximum Gasteiger partial charge on any atom is 0.160 e. The average Bonchev–Trinajstić information content (AvgIpc) is 2.78. The van der Waals surface area contributed by atoms with Gasteiger partial charge in [-0.2, -0.15) is 0 Å². The molecule has 1 atom stereocenters. The highest BCUT2D eigenvalue weighted by molar-refractivity contribution is 5.47. The maximum atomic E-state index is 13.2. The Balaban J connectivity index is 1.92. The van der Waals surface area contributed by atoms with Crippen molar-refractivity contribution in [3.8, 4) is 0 Å². The van der Waals surface area contributed by atoms with E-state index in [1.807, 2.05) is 0 Å². The second-order valence-electron chi connectivity index (χ2n) is 6.33. The van der Waals surface area contributed by atoms with Crippen LogP contribution in [0, 0.1) is 17.6 Å². The minimum Gasteiger partial charge on any atom is -0.371 e. The molecule has 4 heteroatoms. The number of halogens is 2. The van der Waals surface area contributed by atoms with Crippen molar-refractivity contribution in [2.75, 3.05) is 24.5 Å². The molecule has 0 radical (unpaired) electrons. The summed E-state index contributed by atoms with van der Waals surface area (Å²) in [4.78, 5) is 2.12. The van der Waals surface area contributed by atoms with Crippen LogP contribution in [-0.2, 0) is 0 Å². The van der Waals surface area contributed by atoms with Crippen molar-refractivity contribution in [1.29, 1.82) is 0 Å². The summed E-state index contributed by atoms with van der Waals surface area (Å²) in [7, 11) is 0. The van der Waals surface area contributed by atoms with Crippen LogP contribution in [0.1, 0.15) is 27.2 Å². The maximum absolute atomic E-state index is 13.2. The van der Waals surface area contributed by atoms with Gasteiger partial charge in [0.15, 0.2) is 11.6 Å². The molecule has 1 aliphatic rings. The van der Waals surface area contributed by atoms with E-state index in [-0.39, 0.29) is 5.54 Å². The fourth-order valence-electron chi connectivity index (χ4n) is 2.37. The molecular formula is C15H22F2N2. The van der Waals surface area contributed by atoms with Crippen molar-refractivity contribution in [3.63, 3.8) is 0 Å². The highest BCUT2D eigenvalue weighted by atomic mass is 19.2. The fraction of sp³-hybridized carbons (Fsp3) is 0.600. The van der Waals surface area contributed by atoms with E-state index in [0.29, 0.717) is 5.92 Å². The molecule has 0 saturated carbocycles. The summed E-state index contributed by atoms with van der Waals surface area (Å²) in [5.41, 5.74) is 0.896. The Morgan fingerprint density at radius 1 is 1.26 bits per heavy atom. The van der Waals surface area contributed by atoms with E-state index < -0.39 is 11.6 Å². The lowest BCUT2D eigenvalue weighted by atomic mass is 10.1. The minimum absolute atomic E-state index is 0.120. The third kappa shape index (κ3) is 3.90. The number of benzene rings is 1. The molecule has 1 aliphatic heterocycles. The van der Waals surface area contributed by atoms with Gasteiger partial charge in [0.2, 0.25) is 0 Å². The van der Waals surface area contributed by atoms with Crippen LogP contribution in [0.2, 0.25) is 0 Å². The normalized spacial score (nSPS) is 20.1. The quantitative estimate of drug-likeness (QED) is 0.905. The summed E-state index contributed by atoms with van der Waals surface area (Å²) in [6.45, 7) is 9.21. The van der Waals surface area contributed by atoms with Gasteiger partial charge in [-0.25, -0.2) is 8.78 Å². The Hall–Kier alpha value is -1.16. The van der Waals surface area contributed by atoms with Crippen LogP contribution in [-0.4, -0.2) is 25.2 Å². The molecule has 0 amide bonds. The topological polar surface area (TPSA) is 15.3 Å². The zero-order valence-corrected chi connectivity index (χ0v) is 11.8. The Bertz CT molecular complexity index is 440. The van der Waals surface area contributed by atoms with Crippen molar-refractivity contribution in [2.24, 2.45) is 5.92 Å². The average molecular weight is 268 g/mol. The lowest BCUT2D eigenvalue weighted by molar-refractivity contribution is 0.383. The van der Waals surface area contributed by atoms with Gasteiger partial charge in [-0.1, -0.05) is 0 Å². The lowest BCUT2D eigenvalue weighted by Gasteiger charge is -2.24.